The van der Waals surface area contributed by atoms with Gasteiger partial charge >= 0.3 is 0 Å². The van der Waals surface area contributed by atoms with Gasteiger partial charge in [0.1, 0.15) is 0 Å². The van der Waals surface area contributed by atoms with Gasteiger partial charge in [-0.1, -0.05) is 19.8 Å². The van der Waals surface area contributed by atoms with Crippen molar-refractivity contribution in [2.45, 2.75) is 57.6 Å². The Labute approximate surface area is 121 Å². The van der Waals surface area contributed by atoms with Gasteiger partial charge in [0, 0.05) is 26.3 Å². The maximum atomic E-state index is 5.95. The van der Waals surface area contributed by atoms with Crippen LogP contribution in [0.5, 0.6) is 0 Å². The molecule has 1 fully saturated rings. The second kappa shape index (κ2) is 6.24. The van der Waals surface area contributed by atoms with Gasteiger partial charge in [0.25, 0.3) is 0 Å². The third-order valence-electron chi connectivity index (χ3n) is 4.75. The molecule has 3 atom stereocenters. The van der Waals surface area contributed by atoms with Gasteiger partial charge in [-0.05, 0) is 31.7 Å². The highest BCUT2D eigenvalue weighted by Crippen LogP contribution is 2.38. The van der Waals surface area contributed by atoms with Crippen molar-refractivity contribution in [2.24, 2.45) is 18.8 Å². The zero-order chi connectivity index (χ0) is 14.8. The second-order valence-electron chi connectivity index (χ2n) is 6.29. The highest BCUT2D eigenvalue weighted by Gasteiger charge is 2.42. The van der Waals surface area contributed by atoms with Gasteiger partial charge in [-0.15, -0.1) is 0 Å². The minimum absolute atomic E-state index is 0.116. The predicted octanol–water partition coefficient (Wildman–Crippen LogP) is 1.70. The van der Waals surface area contributed by atoms with Crippen LogP contribution in [0.25, 0.3) is 0 Å². The molecule has 1 aromatic rings. The molecule has 1 aliphatic rings. The largest absolute Gasteiger partial charge is 0.377 e. The number of aromatic nitrogens is 2. The fraction of sp³-hybridized carbons (Fsp3) is 0.800. The van der Waals surface area contributed by atoms with E-state index in [-0.39, 0.29) is 11.6 Å². The summed E-state index contributed by atoms with van der Waals surface area (Å²) in [6, 6.07) is 2.24. The molecule has 1 heterocycles. The summed E-state index contributed by atoms with van der Waals surface area (Å²) >= 11 is 0. The number of aryl methyl sites for hydroxylation is 2. The third-order valence-corrected chi connectivity index (χ3v) is 4.75. The van der Waals surface area contributed by atoms with E-state index in [9.17, 15) is 0 Å². The van der Waals surface area contributed by atoms with Crippen molar-refractivity contribution in [1.82, 2.24) is 15.2 Å². The van der Waals surface area contributed by atoms with Crippen LogP contribution in [0.4, 0.5) is 0 Å². The first-order valence-corrected chi connectivity index (χ1v) is 7.51. The molecule has 5 heteroatoms. The molecular weight excluding hydrogens is 252 g/mol. The number of nitrogens with zero attached hydrogens (tertiary/aromatic N) is 2. The minimum Gasteiger partial charge on any atom is -0.377 e. The fourth-order valence-corrected chi connectivity index (χ4v) is 3.65. The number of methoxy groups -OCH3 is 1. The number of nitrogens with two attached hydrogens (primary N) is 1. The molecule has 20 heavy (non-hydrogen) atoms. The first-order valence-electron chi connectivity index (χ1n) is 7.51. The summed E-state index contributed by atoms with van der Waals surface area (Å²) in [5.41, 5.74) is 5.08. The SMILES string of the molecule is COC1(C(Cc2cc(C)nn2C)NN)CCCC(C)C1. The van der Waals surface area contributed by atoms with Crippen LogP contribution < -0.4 is 11.3 Å². The maximum Gasteiger partial charge on any atom is 0.0850 e. The van der Waals surface area contributed by atoms with E-state index in [4.69, 9.17) is 10.6 Å². The number of ether oxygens (including phenoxy) is 1. The van der Waals surface area contributed by atoms with E-state index in [2.05, 4.69) is 23.5 Å². The van der Waals surface area contributed by atoms with Crippen molar-refractivity contribution >= 4 is 0 Å². The van der Waals surface area contributed by atoms with Crippen LogP contribution in [0, 0.1) is 12.8 Å². The standard InChI is InChI=1S/C15H28N4O/c1-11-6-5-7-15(10-11,20-4)14(17-16)9-13-8-12(2)18-19(13)3/h8,11,14,17H,5-7,9-10,16H2,1-4H3. The van der Waals surface area contributed by atoms with Crippen LogP contribution in [0.2, 0.25) is 0 Å². The van der Waals surface area contributed by atoms with E-state index in [0.29, 0.717) is 5.92 Å². The summed E-state index contributed by atoms with van der Waals surface area (Å²) in [7, 11) is 3.80. The van der Waals surface area contributed by atoms with E-state index in [1.54, 1.807) is 0 Å². The highest BCUT2D eigenvalue weighted by atomic mass is 16.5. The zero-order valence-electron chi connectivity index (χ0n) is 13.1. The molecule has 0 radical (unpaired) electrons. The summed E-state index contributed by atoms with van der Waals surface area (Å²) in [6.45, 7) is 4.32. The molecule has 5 nitrogen and oxygen atoms in total. The molecule has 0 aromatic carbocycles. The summed E-state index contributed by atoms with van der Waals surface area (Å²) in [6.07, 6.45) is 5.47. The summed E-state index contributed by atoms with van der Waals surface area (Å²) in [4.78, 5) is 0. The Morgan fingerprint density at radius 2 is 2.40 bits per heavy atom. The molecular formula is C15H28N4O. The number of rotatable bonds is 5. The van der Waals surface area contributed by atoms with Crippen LogP contribution in [0.3, 0.4) is 0 Å². The van der Waals surface area contributed by atoms with Crippen LogP contribution in [0.15, 0.2) is 6.07 Å². The first kappa shape index (κ1) is 15.5. The van der Waals surface area contributed by atoms with Gasteiger partial charge in [-0.2, -0.15) is 5.10 Å². The molecule has 3 unspecified atom stereocenters. The lowest BCUT2D eigenvalue weighted by Crippen LogP contribution is -2.57. The summed E-state index contributed by atoms with van der Waals surface area (Å²) < 4.78 is 7.89. The van der Waals surface area contributed by atoms with Crippen LogP contribution in [-0.4, -0.2) is 28.5 Å². The Morgan fingerprint density at radius 1 is 1.65 bits per heavy atom. The molecule has 0 aliphatic heterocycles. The Bertz CT molecular complexity index is 445. The third kappa shape index (κ3) is 3.05. The number of nitrogens with one attached hydrogen (secondary N) is 1. The predicted molar refractivity (Wildman–Crippen MR) is 80.1 cm³/mol. The molecule has 0 amide bonds. The Hall–Kier alpha value is -0.910. The monoisotopic (exact) mass is 280 g/mol. The lowest BCUT2D eigenvalue weighted by molar-refractivity contribution is -0.0794. The fourth-order valence-electron chi connectivity index (χ4n) is 3.65. The molecule has 1 aliphatic carbocycles. The highest BCUT2D eigenvalue weighted by molar-refractivity contribution is 5.12. The van der Waals surface area contributed by atoms with Crippen molar-refractivity contribution in [3.05, 3.63) is 17.5 Å². The molecule has 1 saturated carbocycles. The maximum absolute atomic E-state index is 5.95. The number of hydrogen-bond acceptors (Lipinski definition) is 4. The number of hydrogen-bond donors (Lipinski definition) is 2. The molecule has 0 spiro atoms. The Balaban J connectivity index is 2.19. The lowest BCUT2D eigenvalue weighted by Gasteiger charge is -2.44. The van der Waals surface area contributed by atoms with Crippen LogP contribution >= 0.6 is 0 Å². The molecule has 1 aromatic heterocycles. The van der Waals surface area contributed by atoms with Gasteiger partial charge in [-0.25, -0.2) is 0 Å². The van der Waals surface area contributed by atoms with Crippen molar-refractivity contribution in [3.8, 4) is 0 Å². The van der Waals surface area contributed by atoms with Gasteiger partial charge in [-0.3, -0.25) is 16.0 Å². The summed E-state index contributed by atoms with van der Waals surface area (Å²) in [5, 5.41) is 4.41. The van der Waals surface area contributed by atoms with Gasteiger partial charge < -0.3 is 4.74 Å². The van der Waals surface area contributed by atoms with Crippen molar-refractivity contribution < 1.29 is 4.74 Å². The van der Waals surface area contributed by atoms with E-state index in [0.717, 1.165) is 25.0 Å². The van der Waals surface area contributed by atoms with Crippen LogP contribution in [0.1, 0.15) is 44.0 Å². The van der Waals surface area contributed by atoms with Crippen molar-refractivity contribution in [3.63, 3.8) is 0 Å². The Kier molecular flexibility index (Phi) is 4.83. The molecule has 3 N–H and O–H groups in total. The average Bonchev–Trinajstić information content (AvgIpc) is 2.74. The second-order valence-corrected chi connectivity index (χ2v) is 6.29. The quantitative estimate of drug-likeness (QED) is 0.636. The Morgan fingerprint density at radius 3 is 2.90 bits per heavy atom. The van der Waals surface area contributed by atoms with Crippen molar-refractivity contribution in [2.75, 3.05) is 7.11 Å². The van der Waals surface area contributed by atoms with E-state index in [1.807, 2.05) is 25.8 Å². The first-order chi connectivity index (χ1) is 9.50. The van der Waals surface area contributed by atoms with E-state index >= 15 is 0 Å². The molecule has 114 valence electrons. The zero-order valence-corrected chi connectivity index (χ0v) is 13.1. The van der Waals surface area contributed by atoms with Crippen LogP contribution in [-0.2, 0) is 18.2 Å². The van der Waals surface area contributed by atoms with Gasteiger partial charge in [0.15, 0.2) is 0 Å². The molecule has 0 saturated heterocycles. The molecule has 2 rings (SSSR count). The topological polar surface area (TPSA) is 65.1 Å². The van der Waals surface area contributed by atoms with Gasteiger partial charge in [0.2, 0.25) is 0 Å². The van der Waals surface area contributed by atoms with E-state index < -0.39 is 0 Å². The smallest absolute Gasteiger partial charge is 0.0850 e. The van der Waals surface area contributed by atoms with Crippen molar-refractivity contribution in [1.29, 1.82) is 0 Å². The average molecular weight is 280 g/mol. The minimum atomic E-state index is -0.162. The molecule has 0 bridgehead atoms. The van der Waals surface area contributed by atoms with Gasteiger partial charge in [0.05, 0.1) is 17.3 Å². The van der Waals surface area contributed by atoms with E-state index in [1.165, 1.54) is 18.5 Å². The summed E-state index contributed by atoms with van der Waals surface area (Å²) in [5.74, 6) is 6.54. The number of hydrazine groups is 1. The lowest BCUT2D eigenvalue weighted by atomic mass is 9.73. The normalized spacial score (nSPS) is 28.6.